The number of terminal acetylenes is 1. The number of nitrogens with one attached hydrogen (secondary N) is 1. The quantitative estimate of drug-likeness (QED) is 0.661. The molecule has 0 aromatic carbocycles. The Kier molecular flexibility index (Phi) is 6.77. The Labute approximate surface area is 95.8 Å². The molecule has 0 aliphatic carbocycles. The van der Waals surface area contributed by atoms with Crippen LogP contribution in [0.25, 0.3) is 0 Å². The van der Waals surface area contributed by atoms with Gasteiger partial charge in [-0.3, -0.25) is 4.79 Å². The molecular formula is C11H18N2O3. The number of carboxylic acid groups (broad SMARTS) is 1. The molecule has 0 aromatic rings. The highest BCUT2D eigenvalue weighted by atomic mass is 16.4. The number of amides is 2. The van der Waals surface area contributed by atoms with E-state index in [4.69, 9.17) is 11.5 Å². The van der Waals surface area contributed by atoms with E-state index in [-0.39, 0.29) is 18.6 Å². The molecule has 0 saturated heterocycles. The van der Waals surface area contributed by atoms with Crippen LogP contribution in [0.1, 0.15) is 26.7 Å². The molecule has 1 unspecified atom stereocenters. The predicted molar refractivity (Wildman–Crippen MR) is 60.9 cm³/mol. The highest BCUT2D eigenvalue weighted by Crippen LogP contribution is 1.96. The summed E-state index contributed by atoms with van der Waals surface area (Å²) in [6, 6.07) is -0.530. The van der Waals surface area contributed by atoms with Gasteiger partial charge >= 0.3 is 12.0 Å². The van der Waals surface area contributed by atoms with Gasteiger partial charge in [0.25, 0.3) is 0 Å². The topological polar surface area (TPSA) is 69.6 Å². The molecule has 0 radical (unpaired) electrons. The molecule has 0 fully saturated rings. The molecule has 5 nitrogen and oxygen atoms in total. The SMILES string of the molecule is C#CCC(C)NC(=O)N(CCC)CC(=O)O. The van der Waals surface area contributed by atoms with Gasteiger partial charge in [-0.15, -0.1) is 12.3 Å². The Bertz CT molecular complexity index is 283. The third kappa shape index (κ3) is 5.91. The first-order valence-electron chi connectivity index (χ1n) is 5.22. The zero-order valence-electron chi connectivity index (χ0n) is 9.69. The van der Waals surface area contributed by atoms with Crippen molar-refractivity contribution in [3.05, 3.63) is 0 Å². The van der Waals surface area contributed by atoms with Gasteiger partial charge in [0.15, 0.2) is 0 Å². The van der Waals surface area contributed by atoms with Gasteiger partial charge in [-0.1, -0.05) is 6.92 Å². The van der Waals surface area contributed by atoms with E-state index in [9.17, 15) is 9.59 Å². The third-order valence-corrected chi connectivity index (χ3v) is 1.90. The largest absolute Gasteiger partial charge is 0.480 e. The summed E-state index contributed by atoms with van der Waals surface area (Å²) in [5.74, 6) is 1.41. The van der Waals surface area contributed by atoms with Crippen LogP contribution in [-0.4, -0.2) is 41.1 Å². The minimum absolute atomic E-state index is 0.148. The van der Waals surface area contributed by atoms with Gasteiger partial charge in [-0.2, -0.15) is 0 Å². The van der Waals surface area contributed by atoms with Crippen molar-refractivity contribution in [2.24, 2.45) is 0 Å². The van der Waals surface area contributed by atoms with Gasteiger partial charge in [0.1, 0.15) is 6.54 Å². The molecule has 0 aliphatic heterocycles. The van der Waals surface area contributed by atoms with Crippen LogP contribution in [-0.2, 0) is 4.79 Å². The number of aliphatic carboxylic acids is 1. The minimum atomic E-state index is -1.02. The normalized spacial score (nSPS) is 11.3. The lowest BCUT2D eigenvalue weighted by Crippen LogP contribution is -2.46. The van der Waals surface area contributed by atoms with E-state index in [0.29, 0.717) is 19.4 Å². The Morgan fingerprint density at radius 2 is 2.19 bits per heavy atom. The molecule has 2 N–H and O–H groups in total. The maximum atomic E-state index is 11.6. The van der Waals surface area contributed by atoms with Crippen LogP contribution in [0.5, 0.6) is 0 Å². The number of urea groups is 1. The molecule has 0 spiro atoms. The monoisotopic (exact) mass is 226 g/mol. The molecule has 0 heterocycles. The number of rotatable bonds is 6. The number of hydrogen-bond donors (Lipinski definition) is 2. The lowest BCUT2D eigenvalue weighted by atomic mass is 10.2. The van der Waals surface area contributed by atoms with Crippen molar-refractivity contribution in [3.63, 3.8) is 0 Å². The molecule has 0 aliphatic rings. The summed E-state index contributed by atoms with van der Waals surface area (Å²) in [5.41, 5.74) is 0. The van der Waals surface area contributed by atoms with Crippen LogP contribution in [0.15, 0.2) is 0 Å². The minimum Gasteiger partial charge on any atom is -0.480 e. The molecule has 0 bridgehead atoms. The lowest BCUT2D eigenvalue weighted by molar-refractivity contribution is -0.137. The van der Waals surface area contributed by atoms with Crippen molar-refractivity contribution in [2.45, 2.75) is 32.7 Å². The first-order chi connectivity index (χ1) is 7.51. The first-order valence-corrected chi connectivity index (χ1v) is 5.22. The van der Waals surface area contributed by atoms with Crippen molar-refractivity contribution < 1.29 is 14.7 Å². The number of nitrogens with zero attached hydrogens (tertiary/aromatic N) is 1. The summed E-state index contributed by atoms with van der Waals surface area (Å²) in [5, 5.41) is 11.3. The van der Waals surface area contributed by atoms with E-state index in [2.05, 4.69) is 11.2 Å². The van der Waals surface area contributed by atoms with Crippen LogP contribution < -0.4 is 5.32 Å². The molecule has 90 valence electrons. The summed E-state index contributed by atoms with van der Waals surface area (Å²) in [4.78, 5) is 23.4. The molecular weight excluding hydrogens is 208 g/mol. The Morgan fingerprint density at radius 1 is 1.56 bits per heavy atom. The fourth-order valence-electron chi connectivity index (χ4n) is 1.22. The van der Waals surface area contributed by atoms with Gasteiger partial charge < -0.3 is 15.3 Å². The van der Waals surface area contributed by atoms with Crippen molar-refractivity contribution in [3.8, 4) is 12.3 Å². The van der Waals surface area contributed by atoms with Gasteiger partial charge in [-0.25, -0.2) is 4.79 Å². The maximum Gasteiger partial charge on any atom is 0.323 e. The predicted octanol–water partition coefficient (Wildman–Crippen LogP) is 0.904. The standard InChI is InChI=1S/C11H18N2O3/c1-4-6-9(3)12-11(16)13(7-5-2)8-10(14)15/h1,9H,5-8H2,2-3H3,(H,12,16)(H,14,15). The smallest absolute Gasteiger partial charge is 0.323 e. The van der Waals surface area contributed by atoms with Crippen molar-refractivity contribution in [2.75, 3.05) is 13.1 Å². The molecule has 0 saturated carbocycles. The average molecular weight is 226 g/mol. The van der Waals surface area contributed by atoms with Crippen molar-refractivity contribution >= 4 is 12.0 Å². The fourth-order valence-corrected chi connectivity index (χ4v) is 1.22. The van der Waals surface area contributed by atoms with E-state index < -0.39 is 5.97 Å². The van der Waals surface area contributed by atoms with Crippen molar-refractivity contribution in [1.82, 2.24) is 10.2 Å². The number of carboxylic acids is 1. The summed E-state index contributed by atoms with van der Waals surface area (Å²) in [7, 11) is 0. The number of hydrogen-bond acceptors (Lipinski definition) is 2. The van der Waals surface area contributed by atoms with E-state index in [1.54, 1.807) is 6.92 Å². The zero-order chi connectivity index (χ0) is 12.6. The van der Waals surface area contributed by atoms with Gasteiger partial charge in [-0.05, 0) is 13.3 Å². The third-order valence-electron chi connectivity index (χ3n) is 1.90. The second-order valence-electron chi connectivity index (χ2n) is 3.57. The van der Waals surface area contributed by atoms with E-state index >= 15 is 0 Å². The first kappa shape index (κ1) is 14.3. The van der Waals surface area contributed by atoms with Crippen LogP contribution in [0, 0.1) is 12.3 Å². The molecule has 1 atom stereocenters. The van der Waals surface area contributed by atoms with Crippen LogP contribution in [0.4, 0.5) is 4.79 Å². The molecule has 0 rings (SSSR count). The van der Waals surface area contributed by atoms with E-state index in [1.165, 1.54) is 4.90 Å². The summed E-state index contributed by atoms with van der Waals surface area (Å²) in [6.07, 6.45) is 6.25. The number of carbonyl (C=O) groups is 2. The average Bonchev–Trinajstić information content (AvgIpc) is 2.16. The van der Waals surface area contributed by atoms with Gasteiger partial charge in [0, 0.05) is 19.0 Å². The van der Waals surface area contributed by atoms with Gasteiger partial charge in [0.2, 0.25) is 0 Å². The second-order valence-corrected chi connectivity index (χ2v) is 3.57. The Balaban J connectivity index is 4.27. The highest BCUT2D eigenvalue weighted by molar-refractivity contribution is 5.80. The Hall–Kier alpha value is -1.70. The summed E-state index contributed by atoms with van der Waals surface area (Å²) in [6.45, 7) is 3.79. The molecule has 16 heavy (non-hydrogen) atoms. The summed E-state index contributed by atoms with van der Waals surface area (Å²) < 4.78 is 0. The van der Waals surface area contributed by atoms with Gasteiger partial charge in [0.05, 0.1) is 0 Å². The number of carbonyl (C=O) groups excluding carboxylic acids is 1. The molecule has 2 amide bonds. The maximum absolute atomic E-state index is 11.6. The molecule has 0 aromatic heterocycles. The second kappa shape index (κ2) is 7.57. The highest BCUT2D eigenvalue weighted by Gasteiger charge is 2.16. The van der Waals surface area contributed by atoms with Crippen LogP contribution in [0.3, 0.4) is 0 Å². The zero-order valence-corrected chi connectivity index (χ0v) is 9.69. The fraction of sp³-hybridized carbons (Fsp3) is 0.636. The van der Waals surface area contributed by atoms with Crippen LogP contribution >= 0.6 is 0 Å². The molecule has 5 heteroatoms. The lowest BCUT2D eigenvalue weighted by Gasteiger charge is -2.22. The summed E-state index contributed by atoms with van der Waals surface area (Å²) >= 11 is 0. The Morgan fingerprint density at radius 3 is 2.62 bits per heavy atom. The van der Waals surface area contributed by atoms with E-state index in [1.807, 2.05) is 6.92 Å². The van der Waals surface area contributed by atoms with Crippen LogP contribution in [0.2, 0.25) is 0 Å². The van der Waals surface area contributed by atoms with Crippen molar-refractivity contribution in [1.29, 1.82) is 0 Å². The van der Waals surface area contributed by atoms with E-state index in [0.717, 1.165) is 0 Å².